The second-order valence-electron chi connectivity index (χ2n) is 7.29. The van der Waals surface area contributed by atoms with Crippen LogP contribution in [-0.4, -0.2) is 65.2 Å². The van der Waals surface area contributed by atoms with Gasteiger partial charge < -0.3 is 31.9 Å². The Hall–Kier alpha value is -2.20. The van der Waals surface area contributed by atoms with Gasteiger partial charge in [-0.2, -0.15) is 0 Å². The van der Waals surface area contributed by atoms with Crippen molar-refractivity contribution < 1.29 is 29.4 Å². The molecule has 0 rings (SSSR count). The molecular formula is C17H32N4O6. The topological polar surface area (TPSA) is 171 Å². The van der Waals surface area contributed by atoms with Crippen molar-refractivity contribution in [3.05, 3.63) is 0 Å². The molecule has 0 aliphatic rings. The summed E-state index contributed by atoms with van der Waals surface area (Å²) in [6.07, 6.45) is 0.564. The number of amides is 3. The molecule has 3 amide bonds. The van der Waals surface area contributed by atoms with Crippen molar-refractivity contribution in [1.29, 1.82) is 0 Å². The molecule has 0 aliphatic carbocycles. The van der Waals surface area contributed by atoms with E-state index in [4.69, 9.17) is 10.8 Å². The number of hydrogen-bond acceptors (Lipinski definition) is 6. The fourth-order valence-electron chi connectivity index (χ4n) is 2.29. The molecule has 156 valence electrons. The summed E-state index contributed by atoms with van der Waals surface area (Å²) in [5.41, 5.74) is 5.33. The van der Waals surface area contributed by atoms with Crippen LogP contribution in [0.25, 0.3) is 0 Å². The van der Waals surface area contributed by atoms with E-state index in [0.29, 0.717) is 6.42 Å². The average molecular weight is 388 g/mol. The number of hydrogen-bond donors (Lipinski definition) is 6. The van der Waals surface area contributed by atoms with Crippen molar-refractivity contribution in [3.63, 3.8) is 0 Å². The van der Waals surface area contributed by atoms with Crippen LogP contribution in [0, 0.1) is 11.8 Å². The van der Waals surface area contributed by atoms with Gasteiger partial charge in [-0.3, -0.25) is 14.4 Å². The minimum Gasteiger partial charge on any atom is -0.480 e. The highest BCUT2D eigenvalue weighted by Crippen LogP contribution is 2.08. The third kappa shape index (κ3) is 10.5. The maximum Gasteiger partial charge on any atom is 0.326 e. The number of carbonyl (C=O) groups excluding carboxylic acids is 3. The van der Waals surface area contributed by atoms with Crippen molar-refractivity contribution in [2.75, 3.05) is 13.2 Å². The lowest BCUT2D eigenvalue weighted by Crippen LogP contribution is -2.54. The first-order valence-corrected chi connectivity index (χ1v) is 8.94. The Morgan fingerprint density at radius 1 is 0.889 bits per heavy atom. The molecule has 3 atom stereocenters. The zero-order valence-corrected chi connectivity index (χ0v) is 16.3. The molecule has 0 aliphatic heterocycles. The zero-order valence-electron chi connectivity index (χ0n) is 16.3. The SMILES string of the molecule is CC(C)CC(NC(=O)C(CC(C)C)NC(=O)CNC(=O)C(N)CO)C(=O)O. The van der Waals surface area contributed by atoms with Crippen LogP contribution < -0.4 is 21.7 Å². The van der Waals surface area contributed by atoms with Crippen molar-refractivity contribution in [3.8, 4) is 0 Å². The van der Waals surface area contributed by atoms with E-state index < -0.39 is 55.0 Å². The average Bonchev–Trinajstić information content (AvgIpc) is 2.56. The van der Waals surface area contributed by atoms with Crippen LogP contribution in [0.4, 0.5) is 0 Å². The Bertz CT molecular complexity index is 524. The molecule has 3 unspecified atom stereocenters. The number of carboxylic acid groups (broad SMARTS) is 1. The normalized spacial score (nSPS) is 14.4. The molecule has 0 spiro atoms. The standard InChI is InChI=1S/C17H32N4O6/c1-9(2)5-12(16(25)21-13(17(26)27)6-10(3)4)20-14(23)7-19-15(24)11(18)8-22/h9-13,22H,5-8,18H2,1-4H3,(H,19,24)(H,20,23)(H,21,25)(H,26,27). The van der Waals surface area contributed by atoms with E-state index in [1.165, 1.54) is 0 Å². The molecule has 0 heterocycles. The maximum atomic E-state index is 12.5. The Morgan fingerprint density at radius 2 is 1.41 bits per heavy atom. The highest BCUT2D eigenvalue weighted by atomic mass is 16.4. The summed E-state index contributed by atoms with van der Waals surface area (Å²) in [7, 11) is 0. The fraction of sp³-hybridized carbons (Fsp3) is 0.765. The number of aliphatic carboxylic acids is 1. The molecule has 10 heteroatoms. The van der Waals surface area contributed by atoms with Crippen LogP contribution in [0.5, 0.6) is 0 Å². The van der Waals surface area contributed by atoms with E-state index in [0.717, 1.165) is 0 Å². The lowest BCUT2D eigenvalue weighted by Gasteiger charge is -2.23. The number of nitrogens with two attached hydrogens (primary N) is 1. The zero-order chi connectivity index (χ0) is 21.1. The van der Waals surface area contributed by atoms with E-state index in [1.807, 2.05) is 27.7 Å². The summed E-state index contributed by atoms with van der Waals surface area (Å²) in [6, 6.07) is -3.12. The summed E-state index contributed by atoms with van der Waals surface area (Å²) in [5.74, 6) is -2.92. The molecule has 0 radical (unpaired) electrons. The predicted octanol–water partition coefficient (Wildman–Crippen LogP) is -1.43. The van der Waals surface area contributed by atoms with Crippen LogP contribution in [0.15, 0.2) is 0 Å². The van der Waals surface area contributed by atoms with Crippen molar-refractivity contribution in [2.24, 2.45) is 17.6 Å². The number of aliphatic hydroxyl groups excluding tert-OH is 1. The fourth-order valence-corrected chi connectivity index (χ4v) is 2.29. The molecule has 0 bridgehead atoms. The lowest BCUT2D eigenvalue weighted by molar-refractivity contribution is -0.142. The number of carboxylic acids is 1. The monoisotopic (exact) mass is 388 g/mol. The van der Waals surface area contributed by atoms with Gasteiger partial charge in [0.25, 0.3) is 0 Å². The van der Waals surface area contributed by atoms with E-state index in [9.17, 15) is 24.3 Å². The van der Waals surface area contributed by atoms with Gasteiger partial charge >= 0.3 is 5.97 Å². The molecule has 27 heavy (non-hydrogen) atoms. The van der Waals surface area contributed by atoms with E-state index in [1.54, 1.807) is 0 Å². The summed E-state index contributed by atoms with van der Waals surface area (Å²) in [5, 5.41) is 25.3. The van der Waals surface area contributed by atoms with Gasteiger partial charge in [0, 0.05) is 0 Å². The van der Waals surface area contributed by atoms with Crippen molar-refractivity contribution >= 4 is 23.7 Å². The highest BCUT2D eigenvalue weighted by molar-refractivity contribution is 5.92. The first-order chi connectivity index (χ1) is 12.5. The molecule has 0 aromatic rings. The van der Waals surface area contributed by atoms with Gasteiger partial charge in [0.15, 0.2) is 0 Å². The van der Waals surface area contributed by atoms with Gasteiger partial charge in [-0.1, -0.05) is 27.7 Å². The molecule has 0 saturated carbocycles. The van der Waals surface area contributed by atoms with E-state index in [-0.39, 0.29) is 18.3 Å². The van der Waals surface area contributed by atoms with Crippen LogP contribution in [0.3, 0.4) is 0 Å². The van der Waals surface area contributed by atoms with Gasteiger partial charge in [0.1, 0.15) is 18.1 Å². The Kier molecular flexibility index (Phi) is 11.2. The first-order valence-electron chi connectivity index (χ1n) is 8.94. The quantitative estimate of drug-likeness (QED) is 0.238. The van der Waals surface area contributed by atoms with Gasteiger partial charge in [-0.15, -0.1) is 0 Å². The second-order valence-corrected chi connectivity index (χ2v) is 7.29. The molecule has 0 saturated heterocycles. The summed E-state index contributed by atoms with van der Waals surface area (Å²) >= 11 is 0. The maximum absolute atomic E-state index is 12.5. The number of nitrogens with one attached hydrogen (secondary N) is 3. The molecule has 7 N–H and O–H groups in total. The molecule has 0 aromatic heterocycles. The predicted molar refractivity (Wildman–Crippen MR) is 98.5 cm³/mol. The van der Waals surface area contributed by atoms with Gasteiger partial charge in [0.05, 0.1) is 13.2 Å². The van der Waals surface area contributed by atoms with Crippen LogP contribution in [0.1, 0.15) is 40.5 Å². The number of rotatable bonds is 12. The minimum absolute atomic E-state index is 0.0619. The first kappa shape index (κ1) is 24.8. The lowest BCUT2D eigenvalue weighted by atomic mass is 10.0. The third-order valence-electron chi connectivity index (χ3n) is 3.64. The molecular weight excluding hydrogens is 356 g/mol. The third-order valence-corrected chi connectivity index (χ3v) is 3.64. The summed E-state index contributed by atoms with van der Waals surface area (Å²) in [6.45, 7) is 6.43. The van der Waals surface area contributed by atoms with Gasteiger partial charge in [-0.25, -0.2) is 4.79 Å². The van der Waals surface area contributed by atoms with Crippen LogP contribution in [0.2, 0.25) is 0 Å². The Morgan fingerprint density at radius 3 is 1.85 bits per heavy atom. The Labute approximate surface area is 159 Å². The number of carbonyl (C=O) groups is 4. The van der Waals surface area contributed by atoms with Gasteiger partial charge in [-0.05, 0) is 24.7 Å². The van der Waals surface area contributed by atoms with E-state index >= 15 is 0 Å². The van der Waals surface area contributed by atoms with Crippen LogP contribution in [-0.2, 0) is 19.2 Å². The minimum atomic E-state index is -1.14. The van der Waals surface area contributed by atoms with Crippen molar-refractivity contribution in [1.82, 2.24) is 16.0 Å². The summed E-state index contributed by atoms with van der Waals surface area (Å²) in [4.78, 5) is 47.3. The van der Waals surface area contributed by atoms with E-state index in [2.05, 4.69) is 16.0 Å². The smallest absolute Gasteiger partial charge is 0.326 e. The molecule has 10 nitrogen and oxygen atoms in total. The molecule has 0 aromatic carbocycles. The van der Waals surface area contributed by atoms with Crippen molar-refractivity contribution in [2.45, 2.75) is 58.7 Å². The second kappa shape index (κ2) is 12.2. The highest BCUT2D eigenvalue weighted by Gasteiger charge is 2.27. The Balaban J connectivity index is 4.89. The largest absolute Gasteiger partial charge is 0.480 e. The van der Waals surface area contributed by atoms with Crippen LogP contribution >= 0.6 is 0 Å². The van der Waals surface area contributed by atoms with Gasteiger partial charge in [0.2, 0.25) is 17.7 Å². The summed E-state index contributed by atoms with van der Waals surface area (Å²) < 4.78 is 0. The molecule has 0 fully saturated rings. The number of aliphatic hydroxyl groups is 1.